The summed E-state index contributed by atoms with van der Waals surface area (Å²) in [5.74, 6) is 0.543. The van der Waals surface area contributed by atoms with E-state index in [4.69, 9.17) is 16.3 Å². The summed E-state index contributed by atoms with van der Waals surface area (Å²) in [5, 5.41) is 3.06. The molecule has 0 spiro atoms. The maximum Gasteiger partial charge on any atom is 0.255 e. The van der Waals surface area contributed by atoms with Crippen LogP contribution in [0.2, 0.25) is 5.15 Å². The molecule has 2 aromatic rings. The minimum Gasteiger partial charge on any atom is -0.494 e. The van der Waals surface area contributed by atoms with Crippen LogP contribution in [0.15, 0.2) is 42.6 Å². The molecule has 1 N–H and O–H groups in total. The van der Waals surface area contributed by atoms with Gasteiger partial charge in [0.25, 0.3) is 5.91 Å². The van der Waals surface area contributed by atoms with Gasteiger partial charge in [0, 0.05) is 17.4 Å². The molecule has 0 fully saturated rings. The van der Waals surface area contributed by atoms with Gasteiger partial charge in [0.05, 0.1) is 6.61 Å². The lowest BCUT2D eigenvalue weighted by molar-refractivity contribution is 0.102. The highest BCUT2D eigenvalue weighted by molar-refractivity contribution is 6.29. The fraction of sp³-hybridized carbons (Fsp3) is 0.143. The fourth-order valence-electron chi connectivity index (χ4n) is 1.55. The van der Waals surface area contributed by atoms with E-state index in [2.05, 4.69) is 10.3 Å². The molecular formula is C14H13ClN2O2. The number of benzene rings is 1. The van der Waals surface area contributed by atoms with E-state index in [1.807, 2.05) is 6.92 Å². The molecule has 0 saturated carbocycles. The molecule has 0 radical (unpaired) electrons. The summed E-state index contributed by atoms with van der Waals surface area (Å²) in [6.07, 6.45) is 1.50. The SMILES string of the molecule is CCOc1ccc(NC(=O)c2ccnc(Cl)c2)cc1. The molecule has 19 heavy (non-hydrogen) atoms. The Balaban J connectivity index is 2.06. The van der Waals surface area contributed by atoms with Crippen molar-refractivity contribution >= 4 is 23.2 Å². The first-order chi connectivity index (χ1) is 9.19. The zero-order valence-electron chi connectivity index (χ0n) is 10.4. The Morgan fingerprint density at radius 1 is 1.32 bits per heavy atom. The molecule has 0 bridgehead atoms. The predicted molar refractivity (Wildman–Crippen MR) is 74.8 cm³/mol. The quantitative estimate of drug-likeness (QED) is 0.871. The Morgan fingerprint density at radius 2 is 2.05 bits per heavy atom. The zero-order chi connectivity index (χ0) is 13.7. The summed E-state index contributed by atoms with van der Waals surface area (Å²) in [6, 6.07) is 10.3. The molecule has 1 heterocycles. The van der Waals surface area contributed by atoms with Crippen LogP contribution in [0.25, 0.3) is 0 Å². The number of carbonyl (C=O) groups excluding carboxylic acids is 1. The first kappa shape index (κ1) is 13.4. The van der Waals surface area contributed by atoms with Gasteiger partial charge in [-0.3, -0.25) is 4.79 Å². The van der Waals surface area contributed by atoms with Crippen LogP contribution in [0.4, 0.5) is 5.69 Å². The minimum absolute atomic E-state index is 0.228. The van der Waals surface area contributed by atoms with Crippen molar-refractivity contribution in [2.24, 2.45) is 0 Å². The van der Waals surface area contributed by atoms with Crippen LogP contribution >= 0.6 is 11.6 Å². The van der Waals surface area contributed by atoms with E-state index in [1.54, 1.807) is 30.3 Å². The van der Waals surface area contributed by atoms with Gasteiger partial charge in [-0.2, -0.15) is 0 Å². The van der Waals surface area contributed by atoms with Crippen molar-refractivity contribution in [1.82, 2.24) is 4.98 Å². The van der Waals surface area contributed by atoms with E-state index < -0.39 is 0 Å². The van der Waals surface area contributed by atoms with E-state index in [0.717, 1.165) is 5.75 Å². The number of hydrogen-bond acceptors (Lipinski definition) is 3. The van der Waals surface area contributed by atoms with Gasteiger partial charge in [0.15, 0.2) is 0 Å². The Labute approximate surface area is 116 Å². The number of ether oxygens (including phenoxy) is 1. The Kier molecular flexibility index (Phi) is 4.36. The lowest BCUT2D eigenvalue weighted by atomic mass is 10.2. The number of rotatable bonds is 4. The number of carbonyl (C=O) groups is 1. The van der Waals surface area contributed by atoms with E-state index in [9.17, 15) is 4.79 Å². The molecular weight excluding hydrogens is 264 g/mol. The second kappa shape index (κ2) is 6.20. The Bertz CT molecular complexity index is 570. The summed E-state index contributed by atoms with van der Waals surface area (Å²) in [5.41, 5.74) is 1.16. The van der Waals surface area contributed by atoms with Crippen LogP contribution in [0, 0.1) is 0 Å². The Morgan fingerprint density at radius 3 is 2.68 bits per heavy atom. The number of pyridine rings is 1. The number of anilines is 1. The molecule has 2 rings (SSSR count). The van der Waals surface area contributed by atoms with Crippen molar-refractivity contribution in [3.8, 4) is 5.75 Å². The average molecular weight is 277 g/mol. The normalized spacial score (nSPS) is 10.0. The zero-order valence-corrected chi connectivity index (χ0v) is 11.1. The van der Waals surface area contributed by atoms with E-state index in [1.165, 1.54) is 12.3 Å². The van der Waals surface area contributed by atoms with Crippen LogP contribution < -0.4 is 10.1 Å². The summed E-state index contributed by atoms with van der Waals surface area (Å²) >= 11 is 5.74. The third-order valence-electron chi connectivity index (χ3n) is 2.41. The van der Waals surface area contributed by atoms with Gasteiger partial charge in [-0.1, -0.05) is 11.6 Å². The lowest BCUT2D eigenvalue weighted by Gasteiger charge is -2.07. The first-order valence-electron chi connectivity index (χ1n) is 5.85. The maximum atomic E-state index is 11.9. The molecule has 0 atom stereocenters. The van der Waals surface area contributed by atoms with Crippen LogP contribution in [0.3, 0.4) is 0 Å². The number of nitrogens with one attached hydrogen (secondary N) is 1. The maximum absolute atomic E-state index is 11.9. The Hall–Kier alpha value is -2.07. The monoisotopic (exact) mass is 276 g/mol. The molecule has 1 amide bonds. The van der Waals surface area contributed by atoms with Gasteiger partial charge in [0.1, 0.15) is 10.9 Å². The standard InChI is InChI=1S/C14H13ClN2O2/c1-2-19-12-5-3-11(4-6-12)17-14(18)10-7-8-16-13(15)9-10/h3-9H,2H2,1H3,(H,17,18). The van der Waals surface area contributed by atoms with Crippen LogP contribution in [0.1, 0.15) is 17.3 Å². The number of hydrogen-bond donors (Lipinski definition) is 1. The van der Waals surface area contributed by atoms with Crippen molar-refractivity contribution in [2.45, 2.75) is 6.92 Å². The van der Waals surface area contributed by atoms with Crippen LogP contribution in [-0.2, 0) is 0 Å². The van der Waals surface area contributed by atoms with Crippen molar-refractivity contribution < 1.29 is 9.53 Å². The molecule has 1 aromatic heterocycles. The molecule has 0 aliphatic rings. The topological polar surface area (TPSA) is 51.2 Å². The molecule has 4 nitrogen and oxygen atoms in total. The predicted octanol–water partition coefficient (Wildman–Crippen LogP) is 3.39. The fourth-order valence-corrected chi connectivity index (χ4v) is 1.72. The van der Waals surface area contributed by atoms with Crippen molar-refractivity contribution in [1.29, 1.82) is 0 Å². The molecule has 1 aromatic carbocycles. The van der Waals surface area contributed by atoms with Gasteiger partial charge in [-0.25, -0.2) is 4.98 Å². The summed E-state index contributed by atoms with van der Waals surface area (Å²) in [7, 11) is 0. The highest BCUT2D eigenvalue weighted by Crippen LogP contribution is 2.16. The van der Waals surface area contributed by atoms with Gasteiger partial charge in [-0.15, -0.1) is 0 Å². The van der Waals surface area contributed by atoms with Crippen molar-refractivity contribution in [2.75, 3.05) is 11.9 Å². The first-order valence-corrected chi connectivity index (χ1v) is 6.22. The number of aromatic nitrogens is 1. The third kappa shape index (κ3) is 3.69. The lowest BCUT2D eigenvalue weighted by Crippen LogP contribution is -2.11. The molecule has 0 saturated heterocycles. The smallest absolute Gasteiger partial charge is 0.255 e. The molecule has 98 valence electrons. The van der Waals surface area contributed by atoms with E-state index >= 15 is 0 Å². The van der Waals surface area contributed by atoms with Gasteiger partial charge < -0.3 is 10.1 Å². The molecule has 0 aliphatic heterocycles. The molecule has 0 aliphatic carbocycles. The number of nitrogens with zero attached hydrogens (tertiary/aromatic N) is 1. The van der Waals surface area contributed by atoms with E-state index in [0.29, 0.717) is 23.0 Å². The van der Waals surface area contributed by atoms with Gasteiger partial charge in [-0.05, 0) is 43.3 Å². The second-order valence-electron chi connectivity index (χ2n) is 3.78. The van der Waals surface area contributed by atoms with Crippen molar-refractivity contribution in [3.05, 3.63) is 53.3 Å². The second-order valence-corrected chi connectivity index (χ2v) is 4.17. The number of halogens is 1. The third-order valence-corrected chi connectivity index (χ3v) is 2.62. The highest BCUT2D eigenvalue weighted by Gasteiger charge is 2.06. The van der Waals surface area contributed by atoms with Gasteiger partial charge in [0.2, 0.25) is 0 Å². The van der Waals surface area contributed by atoms with Crippen LogP contribution in [0.5, 0.6) is 5.75 Å². The van der Waals surface area contributed by atoms with Gasteiger partial charge >= 0.3 is 0 Å². The number of amides is 1. The minimum atomic E-state index is -0.228. The largest absolute Gasteiger partial charge is 0.494 e. The molecule has 0 unspecified atom stereocenters. The molecule has 5 heteroatoms. The summed E-state index contributed by atoms with van der Waals surface area (Å²) in [6.45, 7) is 2.53. The van der Waals surface area contributed by atoms with Crippen molar-refractivity contribution in [3.63, 3.8) is 0 Å². The van der Waals surface area contributed by atoms with Crippen LogP contribution in [-0.4, -0.2) is 17.5 Å². The highest BCUT2D eigenvalue weighted by atomic mass is 35.5. The summed E-state index contributed by atoms with van der Waals surface area (Å²) < 4.78 is 5.33. The average Bonchev–Trinajstić information content (AvgIpc) is 2.41. The van der Waals surface area contributed by atoms with E-state index in [-0.39, 0.29) is 5.91 Å². The summed E-state index contributed by atoms with van der Waals surface area (Å²) in [4.78, 5) is 15.8.